The standard InChI is InChI=1S/C10H13BrClNOS2/c1-10(2,3)16(14)13-5-4-8-7(12)6-9(11)15-8/h5-6H,4H2,1-3H3. The molecule has 0 N–H and O–H groups in total. The summed E-state index contributed by atoms with van der Waals surface area (Å²) in [4.78, 5) is 1.03. The Kier molecular flexibility index (Phi) is 5.32. The van der Waals surface area contributed by atoms with E-state index in [0.29, 0.717) is 6.42 Å². The van der Waals surface area contributed by atoms with E-state index in [-0.39, 0.29) is 4.75 Å². The van der Waals surface area contributed by atoms with Crippen LogP contribution in [-0.2, 0) is 17.8 Å². The Hall–Kier alpha value is 0.450. The van der Waals surface area contributed by atoms with Gasteiger partial charge in [-0.3, -0.25) is 0 Å². The molecule has 0 aromatic carbocycles. The summed E-state index contributed by atoms with van der Waals surface area (Å²) in [5.41, 5.74) is 0. The van der Waals surface area contributed by atoms with Crippen molar-refractivity contribution in [2.24, 2.45) is 4.40 Å². The number of halogens is 2. The molecule has 0 aliphatic heterocycles. The van der Waals surface area contributed by atoms with Gasteiger partial charge >= 0.3 is 0 Å². The number of thiophene rings is 1. The van der Waals surface area contributed by atoms with Gasteiger partial charge in [0.15, 0.2) is 0 Å². The third-order valence-corrected chi connectivity index (χ3v) is 5.20. The number of nitrogens with zero attached hydrogens (tertiary/aromatic N) is 1. The van der Waals surface area contributed by atoms with E-state index in [4.69, 9.17) is 11.6 Å². The van der Waals surface area contributed by atoms with Gasteiger partial charge < -0.3 is 4.55 Å². The quantitative estimate of drug-likeness (QED) is 0.598. The van der Waals surface area contributed by atoms with Crippen LogP contribution < -0.4 is 0 Å². The predicted molar refractivity (Wildman–Crippen MR) is 77.1 cm³/mol. The predicted octanol–water partition coefficient (Wildman–Crippen LogP) is 4.24. The first-order chi connectivity index (χ1) is 7.30. The van der Waals surface area contributed by atoms with E-state index in [1.165, 1.54) is 0 Å². The average molecular weight is 343 g/mol. The zero-order valence-corrected chi connectivity index (χ0v) is 13.3. The van der Waals surface area contributed by atoms with Crippen LogP contribution in [0.2, 0.25) is 5.02 Å². The lowest BCUT2D eigenvalue weighted by Crippen LogP contribution is -2.25. The lowest BCUT2D eigenvalue weighted by Gasteiger charge is -2.17. The molecule has 0 saturated carbocycles. The SMILES string of the molecule is CC(C)(C)[S+]([O-])N=CCc1sc(Br)cc1Cl. The molecule has 1 heterocycles. The minimum atomic E-state index is -1.19. The highest BCUT2D eigenvalue weighted by atomic mass is 79.9. The first kappa shape index (κ1) is 14.5. The van der Waals surface area contributed by atoms with Crippen LogP contribution in [0.3, 0.4) is 0 Å². The van der Waals surface area contributed by atoms with E-state index in [2.05, 4.69) is 20.3 Å². The van der Waals surface area contributed by atoms with Crippen LogP contribution in [0, 0.1) is 0 Å². The van der Waals surface area contributed by atoms with Crippen molar-refractivity contribution in [2.75, 3.05) is 0 Å². The highest BCUT2D eigenvalue weighted by Crippen LogP contribution is 2.30. The average Bonchev–Trinajstić information content (AvgIpc) is 2.43. The molecule has 0 bridgehead atoms. The van der Waals surface area contributed by atoms with Gasteiger partial charge in [-0.25, -0.2) is 0 Å². The first-order valence-corrected chi connectivity index (χ1v) is 7.78. The molecule has 0 fully saturated rings. The van der Waals surface area contributed by atoms with Crippen LogP contribution in [0.15, 0.2) is 14.3 Å². The van der Waals surface area contributed by atoms with Gasteiger partial charge in [-0.1, -0.05) is 16.0 Å². The molecule has 0 aliphatic rings. The molecule has 1 atom stereocenters. The summed E-state index contributed by atoms with van der Waals surface area (Å²) in [6.07, 6.45) is 2.29. The van der Waals surface area contributed by atoms with Crippen LogP contribution in [0.1, 0.15) is 25.6 Å². The van der Waals surface area contributed by atoms with Crippen LogP contribution in [-0.4, -0.2) is 15.5 Å². The van der Waals surface area contributed by atoms with E-state index in [0.717, 1.165) is 13.7 Å². The van der Waals surface area contributed by atoms with E-state index >= 15 is 0 Å². The molecule has 1 aromatic rings. The van der Waals surface area contributed by atoms with Gasteiger partial charge in [-0.05, 0) is 42.8 Å². The summed E-state index contributed by atoms with van der Waals surface area (Å²) in [5.74, 6) is 0. The maximum Gasteiger partial charge on any atom is 0.144 e. The Morgan fingerprint density at radius 3 is 2.69 bits per heavy atom. The van der Waals surface area contributed by atoms with Gasteiger partial charge in [-0.15, -0.1) is 11.3 Å². The maximum atomic E-state index is 11.6. The van der Waals surface area contributed by atoms with Crippen molar-refractivity contribution in [2.45, 2.75) is 31.9 Å². The summed E-state index contributed by atoms with van der Waals surface area (Å²) in [5, 5.41) is 0.727. The summed E-state index contributed by atoms with van der Waals surface area (Å²) < 4.78 is 16.3. The zero-order chi connectivity index (χ0) is 12.3. The molecule has 1 unspecified atom stereocenters. The van der Waals surface area contributed by atoms with Crippen LogP contribution >= 0.6 is 38.9 Å². The lowest BCUT2D eigenvalue weighted by molar-refractivity contribution is 0.561. The van der Waals surface area contributed by atoms with Crippen molar-refractivity contribution in [3.8, 4) is 0 Å². The Balaban J connectivity index is 2.58. The normalized spacial score (nSPS) is 14.6. The van der Waals surface area contributed by atoms with Crippen LogP contribution in [0.25, 0.3) is 0 Å². The molecular weight excluding hydrogens is 330 g/mol. The highest BCUT2D eigenvalue weighted by Gasteiger charge is 2.25. The largest absolute Gasteiger partial charge is 0.591 e. The minimum Gasteiger partial charge on any atom is -0.591 e. The Morgan fingerprint density at radius 2 is 2.25 bits per heavy atom. The summed E-state index contributed by atoms with van der Waals surface area (Å²) in [6, 6.07) is 1.86. The molecule has 0 amide bonds. The summed E-state index contributed by atoms with van der Waals surface area (Å²) in [6.45, 7) is 5.69. The van der Waals surface area contributed by atoms with Gasteiger partial charge in [0.25, 0.3) is 0 Å². The molecule has 0 aliphatic carbocycles. The van der Waals surface area contributed by atoms with Gasteiger partial charge in [0.05, 0.1) is 15.0 Å². The second-order valence-corrected chi connectivity index (χ2v) is 9.03. The van der Waals surface area contributed by atoms with Gasteiger partial charge in [-0.2, -0.15) is 0 Å². The van der Waals surface area contributed by atoms with Crippen LogP contribution in [0.4, 0.5) is 0 Å². The van der Waals surface area contributed by atoms with Crippen molar-refractivity contribution < 1.29 is 4.55 Å². The molecule has 1 aromatic heterocycles. The third kappa shape index (κ3) is 4.37. The monoisotopic (exact) mass is 341 g/mol. The molecule has 0 saturated heterocycles. The minimum absolute atomic E-state index is 0.309. The van der Waals surface area contributed by atoms with Crippen molar-refractivity contribution in [1.82, 2.24) is 0 Å². The molecule has 2 nitrogen and oxygen atoms in total. The summed E-state index contributed by atoms with van der Waals surface area (Å²) >= 11 is 9.73. The second kappa shape index (κ2) is 5.87. The van der Waals surface area contributed by atoms with Crippen molar-refractivity contribution in [1.29, 1.82) is 0 Å². The van der Waals surface area contributed by atoms with Crippen molar-refractivity contribution >= 4 is 56.4 Å². The molecule has 0 spiro atoms. The van der Waals surface area contributed by atoms with Crippen molar-refractivity contribution in [3.05, 3.63) is 19.8 Å². The fourth-order valence-corrected chi connectivity index (χ4v) is 3.43. The van der Waals surface area contributed by atoms with Gasteiger partial charge in [0.1, 0.15) is 16.1 Å². The second-order valence-electron chi connectivity index (χ2n) is 4.18. The van der Waals surface area contributed by atoms with Crippen LogP contribution in [0.5, 0.6) is 0 Å². The Labute approximate surface area is 117 Å². The van der Waals surface area contributed by atoms with E-state index < -0.39 is 11.4 Å². The van der Waals surface area contributed by atoms with E-state index in [9.17, 15) is 4.55 Å². The summed E-state index contributed by atoms with van der Waals surface area (Å²) in [7, 11) is 0. The fraction of sp³-hybridized carbons (Fsp3) is 0.500. The van der Waals surface area contributed by atoms with Gasteiger partial charge in [0, 0.05) is 11.3 Å². The number of rotatable bonds is 3. The number of hydrogen-bond acceptors (Lipinski definition) is 3. The topological polar surface area (TPSA) is 35.4 Å². The molecule has 0 radical (unpaired) electrons. The van der Waals surface area contributed by atoms with Gasteiger partial charge in [0.2, 0.25) is 0 Å². The molecule has 90 valence electrons. The Morgan fingerprint density at radius 1 is 1.62 bits per heavy atom. The lowest BCUT2D eigenvalue weighted by atomic mass is 10.3. The molecule has 1 rings (SSSR count). The first-order valence-electron chi connectivity index (χ1n) is 4.69. The van der Waals surface area contributed by atoms with E-state index in [1.54, 1.807) is 17.6 Å². The zero-order valence-electron chi connectivity index (χ0n) is 9.29. The Bertz CT molecular complexity index is 387. The fourth-order valence-electron chi connectivity index (χ4n) is 0.861. The third-order valence-electron chi connectivity index (χ3n) is 1.70. The number of hydrogen-bond donors (Lipinski definition) is 0. The van der Waals surface area contributed by atoms with E-state index in [1.807, 2.05) is 26.8 Å². The molecular formula is C10H13BrClNOS2. The maximum absolute atomic E-state index is 11.6. The molecule has 6 heteroatoms. The highest BCUT2D eigenvalue weighted by molar-refractivity contribution is 9.11. The smallest absolute Gasteiger partial charge is 0.144 e. The van der Waals surface area contributed by atoms with Crippen molar-refractivity contribution in [3.63, 3.8) is 0 Å². The molecule has 16 heavy (non-hydrogen) atoms.